The number of rotatable bonds is 7. The maximum absolute atomic E-state index is 12.5. The minimum absolute atomic E-state index is 0.0164. The Hall–Kier alpha value is -1.39. The molecule has 0 aliphatic heterocycles. The van der Waals surface area contributed by atoms with Crippen LogP contribution < -0.4 is 0 Å². The van der Waals surface area contributed by atoms with Crippen molar-refractivity contribution in [3.8, 4) is 0 Å². The number of ether oxygens (including phenoxy) is 1. The lowest BCUT2D eigenvalue weighted by Crippen LogP contribution is -2.45. The number of amides is 1. The Kier molecular flexibility index (Phi) is 5.76. The average Bonchev–Trinajstić information content (AvgIpc) is 2.42. The van der Waals surface area contributed by atoms with Gasteiger partial charge in [-0.3, -0.25) is 4.79 Å². The summed E-state index contributed by atoms with van der Waals surface area (Å²) in [5.74, 6) is 0.0186. The molecule has 1 N–H and O–H groups in total. The number of carbonyl (C=O) groups excluding carboxylic acids is 1. The monoisotopic (exact) mass is 291 g/mol. The van der Waals surface area contributed by atoms with Crippen LogP contribution in [0.15, 0.2) is 24.3 Å². The van der Waals surface area contributed by atoms with Crippen LogP contribution in [0.3, 0.4) is 0 Å². The summed E-state index contributed by atoms with van der Waals surface area (Å²) in [6.07, 6.45) is 3.47. The molecular formula is C17H25NO3. The van der Waals surface area contributed by atoms with Crippen molar-refractivity contribution < 1.29 is 14.6 Å². The van der Waals surface area contributed by atoms with Crippen LogP contribution in [0.5, 0.6) is 0 Å². The Labute approximate surface area is 126 Å². The van der Waals surface area contributed by atoms with Gasteiger partial charge in [0, 0.05) is 18.2 Å². The van der Waals surface area contributed by atoms with E-state index in [-0.39, 0.29) is 18.6 Å². The van der Waals surface area contributed by atoms with E-state index in [1.165, 1.54) is 6.42 Å². The van der Waals surface area contributed by atoms with Gasteiger partial charge in [-0.15, -0.1) is 0 Å². The van der Waals surface area contributed by atoms with E-state index < -0.39 is 0 Å². The molecule has 1 fully saturated rings. The third kappa shape index (κ3) is 4.29. The summed E-state index contributed by atoms with van der Waals surface area (Å²) in [5.41, 5.74) is 1.75. The zero-order valence-electron chi connectivity index (χ0n) is 12.9. The number of carbonyl (C=O) groups is 1. The molecular weight excluding hydrogens is 266 g/mol. The van der Waals surface area contributed by atoms with E-state index in [1.54, 1.807) is 0 Å². The molecule has 1 aromatic carbocycles. The Balaban J connectivity index is 2.00. The standard InChI is InChI=1S/C17H25NO3/c1-13(2)21-12-14-6-8-15(9-7-14)17(20)18(10-11-19)16-4-3-5-16/h6-9,13,16,19H,3-5,10-12H2,1-2H3. The van der Waals surface area contributed by atoms with E-state index in [0.29, 0.717) is 24.8 Å². The topological polar surface area (TPSA) is 49.8 Å². The van der Waals surface area contributed by atoms with Gasteiger partial charge < -0.3 is 14.7 Å². The maximum atomic E-state index is 12.5. The second kappa shape index (κ2) is 7.57. The summed E-state index contributed by atoms with van der Waals surface area (Å²) >= 11 is 0. The van der Waals surface area contributed by atoms with Gasteiger partial charge in [-0.1, -0.05) is 12.1 Å². The molecule has 0 heterocycles. The number of aliphatic hydroxyl groups excluding tert-OH is 1. The molecule has 1 aliphatic carbocycles. The van der Waals surface area contributed by atoms with Crippen molar-refractivity contribution in [3.63, 3.8) is 0 Å². The van der Waals surface area contributed by atoms with Crippen LogP contribution in [-0.4, -0.2) is 41.2 Å². The minimum Gasteiger partial charge on any atom is -0.395 e. The quantitative estimate of drug-likeness (QED) is 0.840. The molecule has 0 saturated heterocycles. The van der Waals surface area contributed by atoms with E-state index in [0.717, 1.165) is 18.4 Å². The molecule has 1 saturated carbocycles. The molecule has 0 spiro atoms. The summed E-state index contributed by atoms with van der Waals surface area (Å²) in [6.45, 7) is 5.01. The normalized spacial score (nSPS) is 15.0. The highest BCUT2D eigenvalue weighted by atomic mass is 16.5. The highest BCUT2D eigenvalue weighted by Crippen LogP contribution is 2.26. The largest absolute Gasteiger partial charge is 0.395 e. The van der Waals surface area contributed by atoms with Crippen LogP contribution in [0.4, 0.5) is 0 Å². The van der Waals surface area contributed by atoms with E-state index in [4.69, 9.17) is 9.84 Å². The van der Waals surface area contributed by atoms with Gasteiger partial charge in [0.1, 0.15) is 0 Å². The lowest BCUT2D eigenvalue weighted by Gasteiger charge is -2.37. The fourth-order valence-corrected chi connectivity index (χ4v) is 2.43. The fraction of sp³-hybridized carbons (Fsp3) is 0.588. The Morgan fingerprint density at radius 2 is 2.00 bits per heavy atom. The predicted molar refractivity (Wildman–Crippen MR) is 82.1 cm³/mol. The highest BCUT2D eigenvalue weighted by molar-refractivity contribution is 5.94. The van der Waals surface area contributed by atoms with Crippen LogP contribution in [0.2, 0.25) is 0 Å². The first-order valence-electron chi connectivity index (χ1n) is 7.74. The molecule has 0 atom stereocenters. The Bertz CT molecular complexity index is 452. The first-order chi connectivity index (χ1) is 10.1. The molecule has 4 heteroatoms. The third-order valence-corrected chi connectivity index (χ3v) is 3.90. The van der Waals surface area contributed by atoms with Crippen molar-refractivity contribution in [1.29, 1.82) is 0 Å². The van der Waals surface area contributed by atoms with E-state index in [1.807, 2.05) is 43.0 Å². The SMILES string of the molecule is CC(C)OCc1ccc(C(=O)N(CCO)C2CCC2)cc1. The zero-order valence-corrected chi connectivity index (χ0v) is 12.9. The fourth-order valence-electron chi connectivity index (χ4n) is 2.43. The molecule has 1 aromatic rings. The van der Waals surface area contributed by atoms with Crippen molar-refractivity contribution >= 4 is 5.91 Å². The van der Waals surface area contributed by atoms with Crippen molar-refractivity contribution in [2.75, 3.05) is 13.2 Å². The molecule has 0 radical (unpaired) electrons. The van der Waals surface area contributed by atoms with Crippen LogP contribution in [-0.2, 0) is 11.3 Å². The lowest BCUT2D eigenvalue weighted by molar-refractivity contribution is 0.0525. The van der Waals surface area contributed by atoms with Crippen LogP contribution in [0.1, 0.15) is 49.0 Å². The molecule has 0 bridgehead atoms. The number of nitrogens with zero attached hydrogens (tertiary/aromatic N) is 1. The van der Waals surface area contributed by atoms with Gasteiger partial charge in [0.25, 0.3) is 5.91 Å². The summed E-state index contributed by atoms with van der Waals surface area (Å²) in [5, 5.41) is 9.16. The van der Waals surface area contributed by atoms with Crippen LogP contribution in [0.25, 0.3) is 0 Å². The van der Waals surface area contributed by atoms with Crippen molar-refractivity contribution in [3.05, 3.63) is 35.4 Å². The van der Waals surface area contributed by atoms with Gasteiger partial charge in [-0.25, -0.2) is 0 Å². The van der Waals surface area contributed by atoms with Gasteiger partial charge in [0.15, 0.2) is 0 Å². The second-order valence-corrected chi connectivity index (χ2v) is 5.86. The number of benzene rings is 1. The molecule has 116 valence electrons. The zero-order chi connectivity index (χ0) is 15.2. The van der Waals surface area contributed by atoms with Gasteiger partial charge in [-0.2, -0.15) is 0 Å². The highest BCUT2D eigenvalue weighted by Gasteiger charge is 2.28. The van der Waals surface area contributed by atoms with Crippen molar-refractivity contribution in [2.45, 2.75) is 51.9 Å². The third-order valence-electron chi connectivity index (χ3n) is 3.90. The first kappa shape index (κ1) is 16.0. The lowest BCUT2D eigenvalue weighted by atomic mass is 9.91. The summed E-state index contributed by atoms with van der Waals surface area (Å²) < 4.78 is 5.55. The summed E-state index contributed by atoms with van der Waals surface area (Å²) in [7, 11) is 0. The Morgan fingerprint density at radius 3 is 2.48 bits per heavy atom. The second-order valence-electron chi connectivity index (χ2n) is 5.86. The summed E-state index contributed by atoms with van der Waals surface area (Å²) in [4.78, 5) is 14.3. The Morgan fingerprint density at radius 1 is 1.33 bits per heavy atom. The van der Waals surface area contributed by atoms with E-state index in [2.05, 4.69) is 0 Å². The molecule has 21 heavy (non-hydrogen) atoms. The van der Waals surface area contributed by atoms with E-state index in [9.17, 15) is 4.79 Å². The molecule has 1 aliphatic rings. The maximum Gasteiger partial charge on any atom is 0.254 e. The summed E-state index contributed by atoms with van der Waals surface area (Å²) in [6, 6.07) is 7.88. The van der Waals surface area contributed by atoms with Gasteiger partial charge in [0.2, 0.25) is 0 Å². The van der Waals surface area contributed by atoms with Crippen LogP contribution >= 0.6 is 0 Å². The van der Waals surface area contributed by atoms with Crippen molar-refractivity contribution in [1.82, 2.24) is 4.90 Å². The number of hydrogen-bond donors (Lipinski definition) is 1. The van der Waals surface area contributed by atoms with E-state index >= 15 is 0 Å². The minimum atomic E-state index is 0.0164. The predicted octanol–water partition coefficient (Wildman–Crippen LogP) is 2.60. The molecule has 4 nitrogen and oxygen atoms in total. The van der Waals surface area contributed by atoms with Gasteiger partial charge >= 0.3 is 0 Å². The molecule has 0 unspecified atom stereocenters. The molecule has 1 amide bonds. The molecule has 0 aromatic heterocycles. The van der Waals surface area contributed by atoms with Gasteiger partial charge in [0.05, 0.1) is 19.3 Å². The van der Waals surface area contributed by atoms with Crippen LogP contribution in [0, 0.1) is 0 Å². The first-order valence-corrected chi connectivity index (χ1v) is 7.74. The average molecular weight is 291 g/mol. The van der Waals surface area contributed by atoms with Crippen molar-refractivity contribution in [2.24, 2.45) is 0 Å². The van der Waals surface area contributed by atoms with Gasteiger partial charge in [-0.05, 0) is 50.8 Å². The number of aliphatic hydroxyl groups is 1. The molecule has 2 rings (SSSR count). The number of hydrogen-bond acceptors (Lipinski definition) is 3. The smallest absolute Gasteiger partial charge is 0.254 e.